The molecule has 0 spiro atoms. The van der Waals surface area contributed by atoms with Crippen LogP contribution in [-0.4, -0.2) is 18.1 Å². The average Bonchev–Trinajstić information content (AvgIpc) is 2.96. The number of hydrogen-bond acceptors (Lipinski definition) is 3. The smallest absolute Gasteiger partial charge is 0.271 e. The summed E-state index contributed by atoms with van der Waals surface area (Å²) in [6.07, 6.45) is 1.99. The third-order valence-corrected chi connectivity index (χ3v) is 8.45. The lowest BCUT2D eigenvalue weighted by Crippen LogP contribution is -2.68. The van der Waals surface area contributed by atoms with E-state index in [2.05, 4.69) is 43.3 Å². The standard InChI is InChI=1S/C33H28FNO2S/c1-2-22-9-8-11-25(21-22)35-30(31(33(35)36)37-26-12-4-3-5-13-26)29-20-15-23-10-6-7-14-28(23)32(29)38-27-18-16-24(34)17-19-27/h3-14,16-19,21,30-31H,2,15,20H2,1H3. The maximum absolute atomic E-state index is 13.7. The molecule has 0 bridgehead atoms. The Morgan fingerprint density at radius 1 is 0.895 bits per heavy atom. The van der Waals surface area contributed by atoms with Gasteiger partial charge in [-0.15, -0.1) is 0 Å². The van der Waals surface area contributed by atoms with Gasteiger partial charge in [0.25, 0.3) is 5.91 Å². The fourth-order valence-corrected chi connectivity index (χ4v) is 6.49. The van der Waals surface area contributed by atoms with E-state index >= 15 is 0 Å². The molecular weight excluding hydrogens is 493 g/mol. The van der Waals surface area contributed by atoms with Crippen molar-refractivity contribution in [2.75, 3.05) is 4.90 Å². The van der Waals surface area contributed by atoms with Crippen molar-refractivity contribution in [2.24, 2.45) is 0 Å². The highest BCUT2D eigenvalue weighted by Gasteiger charge is 2.53. The van der Waals surface area contributed by atoms with E-state index in [1.165, 1.54) is 34.4 Å². The summed E-state index contributed by atoms with van der Waals surface area (Å²) in [6, 6.07) is 32.6. The molecule has 1 heterocycles. The Morgan fingerprint density at radius 3 is 2.45 bits per heavy atom. The number of carbonyl (C=O) groups excluding carboxylic acids is 1. The third-order valence-electron chi connectivity index (χ3n) is 7.26. The van der Waals surface area contributed by atoms with Crippen LogP contribution < -0.4 is 9.64 Å². The molecule has 6 rings (SSSR count). The highest BCUT2D eigenvalue weighted by molar-refractivity contribution is 8.08. The topological polar surface area (TPSA) is 29.5 Å². The Kier molecular flexibility index (Phi) is 6.77. The van der Waals surface area contributed by atoms with Crippen LogP contribution in [0, 0.1) is 5.82 Å². The molecule has 0 saturated carbocycles. The second kappa shape index (κ2) is 10.5. The number of thioether (sulfide) groups is 1. The second-order valence-corrected chi connectivity index (χ2v) is 10.7. The van der Waals surface area contributed by atoms with E-state index in [-0.39, 0.29) is 17.8 Å². The highest BCUT2D eigenvalue weighted by atomic mass is 32.2. The van der Waals surface area contributed by atoms with Gasteiger partial charge in [0.2, 0.25) is 6.10 Å². The van der Waals surface area contributed by atoms with Crippen LogP contribution in [0.5, 0.6) is 5.75 Å². The van der Waals surface area contributed by atoms with Crippen molar-refractivity contribution in [2.45, 2.75) is 43.2 Å². The molecule has 0 N–H and O–H groups in total. The van der Waals surface area contributed by atoms with E-state index in [4.69, 9.17) is 4.74 Å². The molecule has 0 radical (unpaired) electrons. The molecule has 2 aliphatic rings. The maximum Gasteiger partial charge on any atom is 0.271 e. The molecule has 5 heteroatoms. The molecule has 1 amide bonds. The molecule has 0 aromatic heterocycles. The lowest BCUT2D eigenvalue weighted by molar-refractivity contribution is -0.133. The number of aryl methyl sites for hydroxylation is 2. The van der Waals surface area contributed by atoms with Gasteiger partial charge in [-0.25, -0.2) is 4.39 Å². The minimum absolute atomic E-state index is 0.0374. The fraction of sp³-hybridized carbons (Fsp3) is 0.182. The van der Waals surface area contributed by atoms with E-state index in [1.807, 2.05) is 59.5 Å². The molecule has 190 valence electrons. The number of hydrogen-bond donors (Lipinski definition) is 0. The summed E-state index contributed by atoms with van der Waals surface area (Å²) < 4.78 is 20.0. The lowest BCUT2D eigenvalue weighted by Gasteiger charge is -2.49. The Morgan fingerprint density at radius 2 is 1.66 bits per heavy atom. The van der Waals surface area contributed by atoms with Crippen molar-refractivity contribution >= 4 is 28.3 Å². The van der Waals surface area contributed by atoms with Crippen LogP contribution >= 0.6 is 11.8 Å². The normalized spacial score (nSPS) is 18.7. The van der Waals surface area contributed by atoms with Gasteiger partial charge in [-0.3, -0.25) is 9.69 Å². The van der Waals surface area contributed by atoms with Crippen molar-refractivity contribution in [1.82, 2.24) is 0 Å². The highest BCUT2D eigenvalue weighted by Crippen LogP contribution is 2.48. The number of amides is 1. The Balaban J connectivity index is 1.48. The zero-order valence-electron chi connectivity index (χ0n) is 21.1. The summed E-state index contributed by atoms with van der Waals surface area (Å²) in [7, 11) is 0. The number of ether oxygens (including phenoxy) is 1. The van der Waals surface area contributed by atoms with Crippen LogP contribution in [0.3, 0.4) is 0 Å². The summed E-state index contributed by atoms with van der Waals surface area (Å²) in [4.78, 5) is 17.7. The third kappa shape index (κ3) is 4.63. The number of rotatable bonds is 7. The van der Waals surface area contributed by atoms with E-state index < -0.39 is 6.10 Å². The van der Waals surface area contributed by atoms with Gasteiger partial charge in [-0.05, 0) is 90.1 Å². The predicted octanol–water partition coefficient (Wildman–Crippen LogP) is 7.70. The SMILES string of the molecule is CCc1cccc(N2C(=O)C(Oc3ccccc3)C2C2=C(Sc3ccc(F)cc3)c3ccccc3CC2)c1. The monoisotopic (exact) mass is 521 g/mol. The van der Waals surface area contributed by atoms with Gasteiger partial charge in [0.05, 0.1) is 0 Å². The van der Waals surface area contributed by atoms with Crippen molar-refractivity contribution in [3.05, 3.63) is 131 Å². The number of carbonyl (C=O) groups is 1. The van der Waals surface area contributed by atoms with Gasteiger partial charge >= 0.3 is 0 Å². The lowest BCUT2D eigenvalue weighted by atomic mass is 9.81. The summed E-state index contributed by atoms with van der Waals surface area (Å²) in [5.41, 5.74) is 5.71. The largest absolute Gasteiger partial charge is 0.478 e. The molecule has 3 nitrogen and oxygen atoms in total. The molecule has 1 saturated heterocycles. The van der Waals surface area contributed by atoms with Crippen molar-refractivity contribution in [1.29, 1.82) is 0 Å². The van der Waals surface area contributed by atoms with Crippen LogP contribution in [0.15, 0.2) is 114 Å². The quantitative estimate of drug-likeness (QED) is 0.233. The molecule has 1 aliphatic heterocycles. The Hall–Kier alpha value is -3.83. The van der Waals surface area contributed by atoms with Crippen LogP contribution in [-0.2, 0) is 17.6 Å². The number of benzene rings is 4. The zero-order valence-corrected chi connectivity index (χ0v) is 22.0. The summed E-state index contributed by atoms with van der Waals surface area (Å²) in [6.45, 7) is 2.12. The van der Waals surface area contributed by atoms with Gasteiger partial charge in [0, 0.05) is 15.5 Å². The first-order valence-electron chi connectivity index (χ1n) is 13.0. The summed E-state index contributed by atoms with van der Waals surface area (Å²) >= 11 is 1.64. The maximum atomic E-state index is 13.7. The molecule has 4 aromatic rings. The minimum Gasteiger partial charge on any atom is -0.478 e. The molecular formula is C33H28FNO2S. The van der Waals surface area contributed by atoms with Gasteiger partial charge in [0.1, 0.15) is 17.6 Å². The number of nitrogens with zero attached hydrogens (tertiary/aromatic N) is 1. The first kappa shape index (κ1) is 24.5. The molecule has 2 unspecified atom stereocenters. The van der Waals surface area contributed by atoms with Crippen LogP contribution in [0.2, 0.25) is 0 Å². The molecule has 1 aliphatic carbocycles. The van der Waals surface area contributed by atoms with Crippen LogP contribution in [0.25, 0.3) is 4.91 Å². The van der Waals surface area contributed by atoms with E-state index in [1.54, 1.807) is 11.8 Å². The zero-order chi connectivity index (χ0) is 26.1. The van der Waals surface area contributed by atoms with Gasteiger partial charge in [-0.2, -0.15) is 0 Å². The van der Waals surface area contributed by atoms with Crippen LogP contribution in [0.4, 0.5) is 10.1 Å². The van der Waals surface area contributed by atoms with E-state index in [0.29, 0.717) is 5.75 Å². The number of para-hydroxylation sites is 1. The second-order valence-electron chi connectivity index (χ2n) is 9.60. The van der Waals surface area contributed by atoms with E-state index in [0.717, 1.165) is 34.8 Å². The number of β-lactam (4-membered cyclic amide) rings is 1. The van der Waals surface area contributed by atoms with Gasteiger partial charge in [-0.1, -0.05) is 73.3 Å². The molecule has 1 fully saturated rings. The van der Waals surface area contributed by atoms with Crippen LogP contribution in [0.1, 0.15) is 30.0 Å². The van der Waals surface area contributed by atoms with Gasteiger partial charge < -0.3 is 4.74 Å². The van der Waals surface area contributed by atoms with E-state index in [9.17, 15) is 9.18 Å². The molecule has 4 aromatic carbocycles. The van der Waals surface area contributed by atoms with Gasteiger partial charge in [0.15, 0.2) is 0 Å². The first-order valence-corrected chi connectivity index (χ1v) is 13.8. The summed E-state index contributed by atoms with van der Waals surface area (Å²) in [5.74, 6) is 0.391. The predicted molar refractivity (Wildman–Crippen MR) is 152 cm³/mol. The number of fused-ring (bicyclic) bond motifs is 1. The molecule has 2 atom stereocenters. The van der Waals surface area contributed by atoms with Crippen molar-refractivity contribution in [3.63, 3.8) is 0 Å². The Labute approximate surface area is 227 Å². The minimum atomic E-state index is -0.619. The van der Waals surface area contributed by atoms with Crippen molar-refractivity contribution < 1.29 is 13.9 Å². The Bertz CT molecular complexity index is 1500. The fourth-order valence-electron chi connectivity index (χ4n) is 5.31. The molecule has 38 heavy (non-hydrogen) atoms. The van der Waals surface area contributed by atoms with Crippen molar-refractivity contribution in [3.8, 4) is 5.75 Å². The summed E-state index contributed by atoms with van der Waals surface area (Å²) in [5, 5.41) is 0. The first-order chi connectivity index (χ1) is 18.6. The number of anilines is 1. The number of halogens is 1. The average molecular weight is 522 g/mol.